The maximum Gasteiger partial charge on any atom is 0.174 e. The molecule has 0 bridgehead atoms. The molecular weight excluding hydrogens is 374 g/mol. The van der Waals surface area contributed by atoms with Crippen molar-refractivity contribution in [3.63, 3.8) is 0 Å². The Labute approximate surface area is 172 Å². The van der Waals surface area contributed by atoms with Crippen LogP contribution in [0.25, 0.3) is 32.7 Å². The summed E-state index contributed by atoms with van der Waals surface area (Å²) in [7, 11) is 0. The average molecular weight is 391 g/mol. The Balaban J connectivity index is 1.80. The van der Waals surface area contributed by atoms with E-state index in [1.165, 1.54) is 0 Å². The first-order valence-electron chi connectivity index (χ1n) is 9.51. The molecule has 1 aromatic heterocycles. The van der Waals surface area contributed by atoms with Crippen LogP contribution in [0.15, 0.2) is 101 Å². The summed E-state index contributed by atoms with van der Waals surface area (Å²) in [5.74, 6) is 0.644. The molecule has 0 fully saturated rings. The van der Waals surface area contributed by atoms with Gasteiger partial charge in [0.1, 0.15) is 11.4 Å². The molecule has 5 heteroatoms. The van der Waals surface area contributed by atoms with Crippen LogP contribution in [0.4, 0.5) is 11.5 Å². The van der Waals surface area contributed by atoms with E-state index in [1.54, 1.807) is 30.5 Å². The maximum atomic E-state index is 10.8. The molecule has 5 nitrogen and oxygen atoms in total. The standard InChI is InChI=1S/C25H17N3O2/c29-22-13-12-16-7-1-2-8-17(16)24(22)20-15-21(27-28-23-11-5-6-14-26-23)25(30)19-10-4-3-9-18(19)20/h1-15,29-30H. The topological polar surface area (TPSA) is 78.1 Å². The number of fused-ring (bicyclic) bond motifs is 2. The minimum Gasteiger partial charge on any atom is -0.507 e. The zero-order valence-electron chi connectivity index (χ0n) is 15.9. The second-order valence-electron chi connectivity index (χ2n) is 6.91. The van der Waals surface area contributed by atoms with E-state index in [-0.39, 0.29) is 11.5 Å². The summed E-state index contributed by atoms with van der Waals surface area (Å²) >= 11 is 0. The molecule has 5 rings (SSSR count). The quantitative estimate of drug-likeness (QED) is 0.329. The maximum absolute atomic E-state index is 10.8. The third-order valence-corrected chi connectivity index (χ3v) is 5.08. The van der Waals surface area contributed by atoms with Crippen LogP contribution in [0.1, 0.15) is 0 Å². The molecule has 0 unspecified atom stereocenters. The summed E-state index contributed by atoms with van der Waals surface area (Å²) in [6.45, 7) is 0. The number of azo groups is 1. The monoisotopic (exact) mass is 391 g/mol. The molecular formula is C25H17N3O2. The van der Waals surface area contributed by atoms with Crippen molar-refractivity contribution in [1.82, 2.24) is 4.98 Å². The van der Waals surface area contributed by atoms with E-state index in [0.29, 0.717) is 22.5 Å². The third kappa shape index (κ3) is 3.02. The Morgan fingerprint density at radius 1 is 0.667 bits per heavy atom. The number of rotatable bonds is 3. The van der Waals surface area contributed by atoms with E-state index in [0.717, 1.165) is 21.7 Å². The normalized spacial score (nSPS) is 11.5. The molecule has 0 aliphatic carbocycles. The van der Waals surface area contributed by atoms with Crippen molar-refractivity contribution in [1.29, 1.82) is 0 Å². The van der Waals surface area contributed by atoms with E-state index >= 15 is 0 Å². The van der Waals surface area contributed by atoms with Crippen molar-refractivity contribution < 1.29 is 10.2 Å². The van der Waals surface area contributed by atoms with Crippen molar-refractivity contribution in [3.8, 4) is 22.6 Å². The summed E-state index contributed by atoms with van der Waals surface area (Å²) in [5.41, 5.74) is 1.77. The summed E-state index contributed by atoms with van der Waals surface area (Å²) in [5, 5.41) is 33.4. The zero-order chi connectivity index (χ0) is 20.5. The van der Waals surface area contributed by atoms with E-state index in [2.05, 4.69) is 15.2 Å². The van der Waals surface area contributed by atoms with Crippen LogP contribution in [-0.4, -0.2) is 15.2 Å². The van der Waals surface area contributed by atoms with Crippen molar-refractivity contribution in [2.24, 2.45) is 10.2 Å². The van der Waals surface area contributed by atoms with E-state index < -0.39 is 0 Å². The summed E-state index contributed by atoms with van der Waals surface area (Å²) in [6, 6.07) is 26.1. The van der Waals surface area contributed by atoms with Crippen molar-refractivity contribution >= 4 is 33.1 Å². The van der Waals surface area contributed by atoms with Crippen molar-refractivity contribution in [2.45, 2.75) is 0 Å². The Morgan fingerprint density at radius 3 is 2.20 bits per heavy atom. The number of nitrogens with zero attached hydrogens (tertiary/aromatic N) is 3. The lowest BCUT2D eigenvalue weighted by molar-refractivity contribution is 0.477. The van der Waals surface area contributed by atoms with Crippen LogP contribution in [0, 0.1) is 0 Å². The molecule has 0 aliphatic heterocycles. The first kappa shape index (κ1) is 17.8. The van der Waals surface area contributed by atoms with Gasteiger partial charge >= 0.3 is 0 Å². The Hall–Kier alpha value is -4.25. The lowest BCUT2D eigenvalue weighted by Gasteiger charge is -2.14. The molecule has 5 aromatic rings. The van der Waals surface area contributed by atoms with Gasteiger partial charge in [-0.3, -0.25) is 0 Å². The van der Waals surface area contributed by atoms with E-state index in [1.807, 2.05) is 60.7 Å². The summed E-state index contributed by atoms with van der Waals surface area (Å²) < 4.78 is 0. The lowest BCUT2D eigenvalue weighted by Crippen LogP contribution is -1.87. The third-order valence-electron chi connectivity index (χ3n) is 5.08. The Kier molecular flexibility index (Phi) is 4.33. The smallest absolute Gasteiger partial charge is 0.174 e. The fraction of sp³-hybridized carbons (Fsp3) is 0. The fourth-order valence-corrected chi connectivity index (χ4v) is 3.69. The van der Waals surface area contributed by atoms with Gasteiger partial charge < -0.3 is 10.2 Å². The highest BCUT2D eigenvalue weighted by Gasteiger charge is 2.17. The van der Waals surface area contributed by atoms with Gasteiger partial charge in [-0.25, -0.2) is 4.98 Å². The van der Waals surface area contributed by atoms with Crippen molar-refractivity contribution in [3.05, 3.63) is 91.1 Å². The Bertz CT molecular complexity index is 1410. The molecule has 4 aromatic carbocycles. The van der Waals surface area contributed by atoms with Gasteiger partial charge in [0.25, 0.3) is 0 Å². The van der Waals surface area contributed by atoms with Crippen LogP contribution < -0.4 is 0 Å². The summed E-state index contributed by atoms with van der Waals surface area (Å²) in [4.78, 5) is 4.14. The fourth-order valence-electron chi connectivity index (χ4n) is 3.69. The van der Waals surface area contributed by atoms with Gasteiger partial charge in [0, 0.05) is 17.1 Å². The first-order chi connectivity index (χ1) is 14.7. The number of pyridine rings is 1. The van der Waals surface area contributed by atoms with Gasteiger partial charge in [-0.2, -0.15) is 0 Å². The molecule has 0 amide bonds. The van der Waals surface area contributed by atoms with Crippen LogP contribution in [0.5, 0.6) is 11.5 Å². The number of benzene rings is 4. The van der Waals surface area contributed by atoms with Gasteiger partial charge in [-0.1, -0.05) is 60.7 Å². The minimum atomic E-state index is 0.0359. The highest BCUT2D eigenvalue weighted by molar-refractivity contribution is 6.10. The van der Waals surface area contributed by atoms with Gasteiger partial charge in [-0.05, 0) is 46.0 Å². The molecule has 144 valence electrons. The van der Waals surface area contributed by atoms with Crippen LogP contribution >= 0.6 is 0 Å². The van der Waals surface area contributed by atoms with Crippen LogP contribution in [-0.2, 0) is 0 Å². The Morgan fingerprint density at radius 2 is 1.40 bits per heavy atom. The number of phenols is 2. The molecule has 1 heterocycles. The first-order valence-corrected chi connectivity index (χ1v) is 9.51. The molecule has 0 radical (unpaired) electrons. The van der Waals surface area contributed by atoms with E-state index in [9.17, 15) is 10.2 Å². The average Bonchev–Trinajstić information content (AvgIpc) is 2.80. The number of hydrogen-bond acceptors (Lipinski definition) is 5. The highest BCUT2D eigenvalue weighted by Crippen LogP contribution is 2.46. The summed E-state index contributed by atoms with van der Waals surface area (Å²) in [6.07, 6.45) is 1.63. The molecule has 0 saturated heterocycles. The number of phenolic OH excluding ortho intramolecular Hbond substituents is 2. The number of aromatic nitrogens is 1. The molecule has 0 spiro atoms. The minimum absolute atomic E-state index is 0.0359. The lowest BCUT2D eigenvalue weighted by atomic mass is 9.92. The van der Waals surface area contributed by atoms with Gasteiger partial charge in [0.15, 0.2) is 11.6 Å². The highest BCUT2D eigenvalue weighted by atomic mass is 16.3. The second kappa shape index (κ2) is 7.29. The second-order valence-corrected chi connectivity index (χ2v) is 6.91. The van der Waals surface area contributed by atoms with Gasteiger partial charge in [0.05, 0.1) is 0 Å². The van der Waals surface area contributed by atoms with Crippen LogP contribution in [0.2, 0.25) is 0 Å². The predicted molar refractivity (Wildman–Crippen MR) is 119 cm³/mol. The van der Waals surface area contributed by atoms with E-state index in [4.69, 9.17) is 0 Å². The van der Waals surface area contributed by atoms with Gasteiger partial charge in [0.2, 0.25) is 0 Å². The van der Waals surface area contributed by atoms with Crippen molar-refractivity contribution in [2.75, 3.05) is 0 Å². The molecule has 0 atom stereocenters. The molecule has 0 aliphatic rings. The molecule has 30 heavy (non-hydrogen) atoms. The van der Waals surface area contributed by atoms with Crippen LogP contribution in [0.3, 0.4) is 0 Å². The number of aromatic hydroxyl groups is 2. The largest absolute Gasteiger partial charge is 0.507 e. The SMILES string of the molecule is Oc1ccc2ccccc2c1-c1cc(N=Nc2ccccn2)c(O)c2ccccc12. The molecule has 0 saturated carbocycles. The molecule has 2 N–H and O–H groups in total. The van der Waals surface area contributed by atoms with Gasteiger partial charge in [-0.15, -0.1) is 10.2 Å². The zero-order valence-corrected chi connectivity index (χ0v) is 15.9. The number of hydrogen-bond donors (Lipinski definition) is 2. The predicted octanol–water partition coefficient (Wildman–Crippen LogP) is 6.88.